The van der Waals surface area contributed by atoms with Crippen molar-refractivity contribution in [2.75, 3.05) is 5.32 Å². The van der Waals surface area contributed by atoms with Gasteiger partial charge in [0.2, 0.25) is 0 Å². The summed E-state index contributed by atoms with van der Waals surface area (Å²) in [6.07, 6.45) is 1.70. The van der Waals surface area contributed by atoms with Crippen molar-refractivity contribution in [1.29, 1.82) is 0 Å². The topological polar surface area (TPSA) is 72.0 Å². The van der Waals surface area contributed by atoms with Crippen molar-refractivity contribution in [3.63, 3.8) is 0 Å². The number of pyridine rings is 1. The summed E-state index contributed by atoms with van der Waals surface area (Å²) in [5.41, 5.74) is 2.90. The molecule has 1 amide bonds. The van der Waals surface area contributed by atoms with Crippen LogP contribution in [0.4, 0.5) is 5.69 Å². The Morgan fingerprint density at radius 1 is 0.967 bits per heavy atom. The van der Waals surface area contributed by atoms with Gasteiger partial charge in [0.1, 0.15) is 9.88 Å². The smallest absolute Gasteiger partial charge is 0.266 e. The van der Waals surface area contributed by atoms with E-state index >= 15 is 0 Å². The number of hydrogen-bond donors (Lipinski definition) is 1. The van der Waals surface area contributed by atoms with Gasteiger partial charge in [0, 0.05) is 17.1 Å². The van der Waals surface area contributed by atoms with Crippen molar-refractivity contribution in [1.82, 2.24) is 9.97 Å². The zero-order valence-corrected chi connectivity index (χ0v) is 17.5. The molecule has 3 aromatic heterocycles. The average Bonchev–Trinajstić information content (AvgIpc) is 3.38. The van der Waals surface area contributed by atoms with E-state index in [-0.39, 0.29) is 11.7 Å². The molecule has 0 aliphatic rings. The molecule has 0 saturated heterocycles. The van der Waals surface area contributed by atoms with E-state index in [1.807, 2.05) is 54.6 Å². The number of thiazole rings is 1. The van der Waals surface area contributed by atoms with Gasteiger partial charge in [0.15, 0.2) is 5.78 Å². The highest BCUT2D eigenvalue weighted by Gasteiger charge is 2.22. The van der Waals surface area contributed by atoms with Crippen LogP contribution in [0.3, 0.4) is 0 Å². The average molecular weight is 430 g/mol. The third kappa shape index (κ3) is 3.28. The number of hydrogen-bond acceptors (Lipinski definition) is 6. The number of fused-ring (bicyclic) bond motifs is 2. The molecular weight excluding hydrogens is 414 g/mol. The number of ketones is 1. The summed E-state index contributed by atoms with van der Waals surface area (Å²) in [6.45, 7) is 1.50. The molecule has 0 aliphatic heterocycles. The fourth-order valence-electron chi connectivity index (χ4n) is 3.26. The number of nitrogens with zero attached hydrogens (tertiary/aromatic N) is 2. The number of anilines is 1. The predicted molar refractivity (Wildman–Crippen MR) is 123 cm³/mol. The first-order chi connectivity index (χ1) is 14.6. The molecular formula is C23H15N3O2S2. The van der Waals surface area contributed by atoms with E-state index in [4.69, 9.17) is 0 Å². The van der Waals surface area contributed by atoms with E-state index in [1.165, 1.54) is 29.6 Å². The van der Waals surface area contributed by atoms with Crippen LogP contribution in [0.25, 0.3) is 31.7 Å². The van der Waals surface area contributed by atoms with E-state index in [1.54, 1.807) is 12.3 Å². The zero-order chi connectivity index (χ0) is 20.7. The van der Waals surface area contributed by atoms with Gasteiger partial charge in [-0.2, -0.15) is 0 Å². The largest absolute Gasteiger partial charge is 0.319 e. The first-order valence-corrected chi connectivity index (χ1v) is 10.9. The molecule has 0 spiro atoms. The Balaban J connectivity index is 1.59. The maximum Gasteiger partial charge on any atom is 0.266 e. The molecule has 0 aliphatic carbocycles. The number of carbonyl (C=O) groups excluding carboxylic acids is 2. The lowest BCUT2D eigenvalue weighted by atomic mass is 10.2. The standard InChI is InChI=1S/C23H15N3O2S2/c1-13(27)19-12-15(23-26-16-8-2-3-10-18(16)30-23)21(29-19)22(28)25-17-9-4-6-14-7-5-11-24-20(14)17/h2-12H,1H3,(H,25,28). The molecule has 1 N–H and O–H groups in total. The van der Waals surface area contributed by atoms with Gasteiger partial charge in [-0.25, -0.2) is 4.98 Å². The van der Waals surface area contributed by atoms with Gasteiger partial charge < -0.3 is 5.32 Å². The van der Waals surface area contributed by atoms with Gasteiger partial charge in [-0.05, 0) is 37.3 Å². The van der Waals surface area contributed by atoms with Gasteiger partial charge in [-0.15, -0.1) is 22.7 Å². The van der Waals surface area contributed by atoms with Crippen molar-refractivity contribution in [2.24, 2.45) is 0 Å². The summed E-state index contributed by atoms with van der Waals surface area (Å²) in [4.78, 5) is 35.3. The molecule has 0 atom stereocenters. The number of amides is 1. The summed E-state index contributed by atoms with van der Waals surface area (Å²) in [5, 5.41) is 4.64. The molecule has 3 heterocycles. The van der Waals surface area contributed by atoms with E-state index in [0.717, 1.165) is 26.1 Å². The monoisotopic (exact) mass is 429 g/mol. The van der Waals surface area contributed by atoms with Gasteiger partial charge in [-0.3, -0.25) is 14.6 Å². The van der Waals surface area contributed by atoms with Crippen molar-refractivity contribution < 1.29 is 9.59 Å². The Hall–Kier alpha value is -3.42. The van der Waals surface area contributed by atoms with Crippen molar-refractivity contribution in [3.8, 4) is 10.6 Å². The molecule has 5 nitrogen and oxygen atoms in total. The Bertz CT molecular complexity index is 1400. The highest BCUT2D eigenvalue weighted by atomic mass is 32.1. The molecule has 2 aromatic carbocycles. The van der Waals surface area contributed by atoms with Gasteiger partial charge >= 0.3 is 0 Å². The van der Waals surface area contributed by atoms with Crippen LogP contribution in [-0.4, -0.2) is 21.7 Å². The molecule has 5 rings (SSSR count). The maximum atomic E-state index is 13.2. The molecule has 0 fully saturated rings. The number of carbonyl (C=O) groups is 2. The van der Waals surface area contributed by atoms with Crippen LogP contribution in [0, 0.1) is 0 Å². The number of thiophene rings is 1. The lowest BCUT2D eigenvalue weighted by Crippen LogP contribution is -2.11. The number of nitrogens with one attached hydrogen (secondary N) is 1. The Kier molecular flexibility index (Phi) is 4.61. The minimum Gasteiger partial charge on any atom is -0.319 e. The SMILES string of the molecule is CC(=O)c1cc(-c2nc3ccccc3s2)c(C(=O)Nc2cccc3cccnc23)s1. The number of para-hydroxylation sites is 2. The van der Waals surface area contributed by atoms with Crippen LogP contribution >= 0.6 is 22.7 Å². The second-order valence-electron chi connectivity index (χ2n) is 6.73. The van der Waals surface area contributed by atoms with Crippen molar-refractivity contribution in [2.45, 2.75) is 6.92 Å². The Morgan fingerprint density at radius 2 is 1.80 bits per heavy atom. The summed E-state index contributed by atoms with van der Waals surface area (Å²) in [6, 6.07) is 19.0. The lowest BCUT2D eigenvalue weighted by Gasteiger charge is -2.08. The van der Waals surface area contributed by atoms with Crippen LogP contribution < -0.4 is 5.32 Å². The van der Waals surface area contributed by atoms with E-state index in [2.05, 4.69) is 15.3 Å². The summed E-state index contributed by atoms with van der Waals surface area (Å²) >= 11 is 2.70. The third-order valence-electron chi connectivity index (χ3n) is 4.69. The molecule has 30 heavy (non-hydrogen) atoms. The van der Waals surface area contributed by atoms with Crippen LogP contribution in [0.15, 0.2) is 66.9 Å². The summed E-state index contributed by atoms with van der Waals surface area (Å²) in [7, 11) is 0. The van der Waals surface area contributed by atoms with Crippen molar-refractivity contribution >= 4 is 61.2 Å². The normalized spacial score (nSPS) is 11.1. The minimum atomic E-state index is -0.278. The van der Waals surface area contributed by atoms with Crippen molar-refractivity contribution in [3.05, 3.63) is 76.6 Å². The highest BCUT2D eigenvalue weighted by Crippen LogP contribution is 2.37. The van der Waals surface area contributed by atoms with E-state index < -0.39 is 0 Å². The molecule has 0 bridgehead atoms. The number of benzene rings is 2. The fourth-order valence-corrected chi connectivity index (χ4v) is 5.27. The van der Waals surface area contributed by atoms with E-state index in [0.29, 0.717) is 21.0 Å². The van der Waals surface area contributed by atoms with E-state index in [9.17, 15) is 9.59 Å². The first kappa shape index (κ1) is 18.6. The number of aromatic nitrogens is 2. The Morgan fingerprint density at radius 3 is 2.63 bits per heavy atom. The molecule has 146 valence electrons. The lowest BCUT2D eigenvalue weighted by molar-refractivity contribution is 0.101. The van der Waals surface area contributed by atoms with Gasteiger partial charge in [-0.1, -0.05) is 30.3 Å². The number of rotatable bonds is 4. The maximum absolute atomic E-state index is 13.2. The summed E-state index contributed by atoms with van der Waals surface area (Å²) in [5.74, 6) is -0.354. The second-order valence-corrected chi connectivity index (χ2v) is 8.81. The number of Topliss-reactive ketones (excluding diaryl/α,β-unsaturated/α-hetero) is 1. The molecule has 5 aromatic rings. The fraction of sp³-hybridized carbons (Fsp3) is 0.0435. The first-order valence-electron chi connectivity index (χ1n) is 9.26. The van der Waals surface area contributed by atoms with Crippen LogP contribution in [0.1, 0.15) is 26.3 Å². The summed E-state index contributed by atoms with van der Waals surface area (Å²) < 4.78 is 1.03. The molecule has 0 radical (unpaired) electrons. The van der Waals surface area contributed by atoms with Gasteiger partial charge in [0.05, 0.1) is 26.3 Å². The van der Waals surface area contributed by atoms with Crippen LogP contribution in [-0.2, 0) is 0 Å². The molecule has 0 unspecified atom stereocenters. The molecule has 0 saturated carbocycles. The second kappa shape index (κ2) is 7.44. The predicted octanol–water partition coefficient (Wildman–Crippen LogP) is 6.03. The Labute approximate surface area is 180 Å². The molecule has 7 heteroatoms. The third-order valence-corrected chi connectivity index (χ3v) is 6.99. The zero-order valence-electron chi connectivity index (χ0n) is 15.9. The van der Waals surface area contributed by atoms with Gasteiger partial charge in [0.25, 0.3) is 5.91 Å². The minimum absolute atomic E-state index is 0.0757. The quantitative estimate of drug-likeness (QED) is 0.354. The van der Waals surface area contributed by atoms with Crippen LogP contribution in [0.2, 0.25) is 0 Å². The van der Waals surface area contributed by atoms with Crippen LogP contribution in [0.5, 0.6) is 0 Å². The highest BCUT2D eigenvalue weighted by molar-refractivity contribution is 7.22.